The molecule has 0 heterocycles. The van der Waals surface area contributed by atoms with Crippen molar-refractivity contribution in [2.45, 2.75) is 32.8 Å². The lowest BCUT2D eigenvalue weighted by molar-refractivity contribution is 0.168. The van der Waals surface area contributed by atoms with Crippen molar-refractivity contribution in [2.75, 3.05) is 0 Å². The third kappa shape index (κ3) is 1.99. The highest BCUT2D eigenvalue weighted by molar-refractivity contribution is 5.46. The Bertz CT molecular complexity index is 332. The monoisotopic (exact) mass is 196 g/mol. The van der Waals surface area contributed by atoms with Crippen molar-refractivity contribution in [3.63, 3.8) is 0 Å². The molecule has 0 radical (unpaired) electrons. The smallest absolute Gasteiger partial charge is 0.122 e. The van der Waals surface area contributed by atoms with Gasteiger partial charge in [0.15, 0.2) is 0 Å². The van der Waals surface area contributed by atoms with E-state index in [-0.39, 0.29) is 17.4 Å². The minimum Gasteiger partial charge on any atom is -0.508 e. The van der Waals surface area contributed by atoms with Crippen molar-refractivity contribution in [1.29, 1.82) is 0 Å². The minimum atomic E-state index is -0.505. The average Bonchev–Trinajstić information content (AvgIpc) is 2.09. The molecule has 3 heteroatoms. The topological polar surface area (TPSA) is 60.7 Å². The van der Waals surface area contributed by atoms with Gasteiger partial charge < -0.3 is 15.3 Å². The molecule has 0 aliphatic rings. The highest BCUT2D eigenvalue weighted by Crippen LogP contribution is 2.32. The summed E-state index contributed by atoms with van der Waals surface area (Å²) in [7, 11) is 0. The maximum Gasteiger partial charge on any atom is 0.122 e. The van der Waals surface area contributed by atoms with E-state index in [2.05, 4.69) is 0 Å². The van der Waals surface area contributed by atoms with Gasteiger partial charge in [-0.1, -0.05) is 6.92 Å². The van der Waals surface area contributed by atoms with E-state index in [9.17, 15) is 15.3 Å². The molecule has 1 aromatic carbocycles. The molecule has 0 spiro atoms. The molecule has 0 saturated carbocycles. The van der Waals surface area contributed by atoms with Crippen molar-refractivity contribution >= 4 is 0 Å². The first kappa shape index (κ1) is 10.9. The maximum atomic E-state index is 9.47. The fourth-order valence-electron chi connectivity index (χ4n) is 1.44. The second-order valence-electron chi connectivity index (χ2n) is 3.71. The van der Waals surface area contributed by atoms with Crippen LogP contribution in [-0.4, -0.2) is 21.4 Å². The molecular formula is C11H16O3. The van der Waals surface area contributed by atoms with Gasteiger partial charge in [0.05, 0.1) is 6.10 Å². The summed E-state index contributed by atoms with van der Waals surface area (Å²) >= 11 is 0. The molecule has 1 aromatic rings. The number of phenolic OH excluding ortho intramolecular Hbond substituents is 2. The van der Waals surface area contributed by atoms with E-state index in [0.29, 0.717) is 5.56 Å². The predicted molar refractivity (Wildman–Crippen MR) is 54.6 cm³/mol. The normalized spacial score (nSPS) is 15.1. The first-order chi connectivity index (χ1) is 6.43. The summed E-state index contributed by atoms with van der Waals surface area (Å²) in [6.45, 7) is 5.31. The fourth-order valence-corrected chi connectivity index (χ4v) is 1.44. The van der Waals surface area contributed by atoms with Crippen LogP contribution in [0, 0.1) is 6.92 Å². The molecule has 0 unspecified atom stereocenters. The van der Waals surface area contributed by atoms with Crippen molar-refractivity contribution in [1.82, 2.24) is 0 Å². The van der Waals surface area contributed by atoms with E-state index in [4.69, 9.17) is 0 Å². The van der Waals surface area contributed by atoms with Crippen LogP contribution in [0.3, 0.4) is 0 Å². The molecule has 3 N–H and O–H groups in total. The lowest BCUT2D eigenvalue weighted by Crippen LogP contribution is -2.12. The van der Waals surface area contributed by atoms with Crippen LogP contribution in [0.25, 0.3) is 0 Å². The Morgan fingerprint density at radius 3 is 2.21 bits per heavy atom. The number of rotatable bonds is 2. The van der Waals surface area contributed by atoms with Crippen LogP contribution in [0.1, 0.15) is 30.9 Å². The summed E-state index contributed by atoms with van der Waals surface area (Å²) < 4.78 is 0. The number of hydrogen-bond donors (Lipinski definition) is 3. The third-order valence-corrected chi connectivity index (χ3v) is 2.62. The van der Waals surface area contributed by atoms with E-state index >= 15 is 0 Å². The zero-order valence-electron chi connectivity index (χ0n) is 8.65. The van der Waals surface area contributed by atoms with E-state index < -0.39 is 6.10 Å². The second kappa shape index (κ2) is 3.88. The predicted octanol–water partition coefficient (Wildman–Crippen LogP) is 1.89. The van der Waals surface area contributed by atoms with Gasteiger partial charge in [0.2, 0.25) is 0 Å². The number of aliphatic hydroxyl groups is 1. The van der Waals surface area contributed by atoms with Crippen LogP contribution in [0.15, 0.2) is 12.1 Å². The van der Waals surface area contributed by atoms with Crippen molar-refractivity contribution < 1.29 is 15.3 Å². The minimum absolute atomic E-state index is 0.0237. The van der Waals surface area contributed by atoms with Crippen LogP contribution in [-0.2, 0) is 0 Å². The number of benzene rings is 1. The molecule has 1 rings (SSSR count). The Kier molecular flexibility index (Phi) is 3.01. The molecule has 0 saturated heterocycles. The molecule has 3 nitrogen and oxygen atoms in total. The number of phenols is 2. The third-order valence-electron chi connectivity index (χ3n) is 2.62. The van der Waals surface area contributed by atoms with E-state index in [0.717, 1.165) is 5.56 Å². The lowest BCUT2D eigenvalue weighted by Gasteiger charge is -2.18. The van der Waals surface area contributed by atoms with Crippen molar-refractivity contribution in [2.24, 2.45) is 0 Å². The zero-order chi connectivity index (χ0) is 10.9. The van der Waals surface area contributed by atoms with Crippen LogP contribution in [0.5, 0.6) is 11.5 Å². The molecule has 0 aliphatic carbocycles. The van der Waals surface area contributed by atoms with Crippen LogP contribution < -0.4 is 0 Å². The van der Waals surface area contributed by atoms with E-state index in [1.807, 2.05) is 6.92 Å². The second-order valence-corrected chi connectivity index (χ2v) is 3.71. The summed E-state index contributed by atoms with van der Waals surface area (Å²) in [5.74, 6) is -0.0175. The summed E-state index contributed by atoms with van der Waals surface area (Å²) in [5.41, 5.74) is 1.48. The van der Waals surface area contributed by atoms with Gasteiger partial charge in [-0.15, -0.1) is 0 Å². The number of aliphatic hydroxyl groups excluding tert-OH is 1. The summed E-state index contributed by atoms with van der Waals surface area (Å²) in [4.78, 5) is 0. The number of aromatic hydroxyl groups is 2. The van der Waals surface area contributed by atoms with Crippen molar-refractivity contribution in [3.8, 4) is 11.5 Å². The SMILES string of the molecule is Cc1c(O)cc(O)cc1[C@@H](C)[C@@H](C)O. The average molecular weight is 196 g/mol. The molecule has 14 heavy (non-hydrogen) atoms. The maximum absolute atomic E-state index is 9.47. The molecule has 78 valence electrons. The highest BCUT2D eigenvalue weighted by atomic mass is 16.3. The summed E-state index contributed by atoms with van der Waals surface area (Å²) in [6.07, 6.45) is -0.505. The van der Waals surface area contributed by atoms with E-state index in [1.54, 1.807) is 19.9 Å². The molecule has 0 aliphatic heterocycles. The van der Waals surface area contributed by atoms with Crippen LogP contribution in [0.4, 0.5) is 0 Å². The quantitative estimate of drug-likeness (QED) is 0.677. The van der Waals surface area contributed by atoms with Gasteiger partial charge in [-0.25, -0.2) is 0 Å². The highest BCUT2D eigenvalue weighted by Gasteiger charge is 2.16. The molecule has 2 atom stereocenters. The Hall–Kier alpha value is -1.22. The standard InChI is InChI=1S/C11H16O3/c1-6(8(3)12)10-4-9(13)5-11(14)7(10)2/h4-6,8,12-14H,1-3H3/t6-,8+/m0/s1. The Morgan fingerprint density at radius 2 is 1.71 bits per heavy atom. The molecule has 0 fully saturated rings. The molecular weight excluding hydrogens is 180 g/mol. The molecule has 0 amide bonds. The van der Waals surface area contributed by atoms with Gasteiger partial charge in [-0.05, 0) is 31.0 Å². The zero-order valence-corrected chi connectivity index (χ0v) is 8.65. The van der Waals surface area contributed by atoms with Gasteiger partial charge in [-0.3, -0.25) is 0 Å². The first-order valence-corrected chi connectivity index (χ1v) is 4.64. The fraction of sp³-hybridized carbons (Fsp3) is 0.455. The number of hydrogen-bond acceptors (Lipinski definition) is 3. The van der Waals surface area contributed by atoms with Gasteiger partial charge in [0.1, 0.15) is 11.5 Å². The van der Waals surface area contributed by atoms with Crippen LogP contribution in [0.2, 0.25) is 0 Å². The largest absolute Gasteiger partial charge is 0.508 e. The summed E-state index contributed by atoms with van der Waals surface area (Å²) in [5, 5.41) is 28.2. The van der Waals surface area contributed by atoms with Gasteiger partial charge in [0, 0.05) is 12.0 Å². The van der Waals surface area contributed by atoms with Gasteiger partial charge in [-0.2, -0.15) is 0 Å². The van der Waals surface area contributed by atoms with E-state index in [1.165, 1.54) is 6.07 Å². The van der Waals surface area contributed by atoms with Crippen LogP contribution >= 0.6 is 0 Å². The first-order valence-electron chi connectivity index (χ1n) is 4.64. The lowest BCUT2D eigenvalue weighted by atomic mass is 9.92. The Labute approximate surface area is 83.6 Å². The van der Waals surface area contributed by atoms with Crippen molar-refractivity contribution in [3.05, 3.63) is 23.3 Å². The Morgan fingerprint density at radius 1 is 1.14 bits per heavy atom. The Balaban J connectivity index is 3.20. The summed E-state index contributed by atoms with van der Waals surface area (Å²) in [6, 6.07) is 2.88. The van der Waals surface area contributed by atoms with Gasteiger partial charge >= 0.3 is 0 Å². The molecule has 0 bridgehead atoms. The molecule has 0 aromatic heterocycles. The van der Waals surface area contributed by atoms with Gasteiger partial charge in [0.25, 0.3) is 0 Å².